The van der Waals surface area contributed by atoms with Gasteiger partial charge in [0.2, 0.25) is 0 Å². The first-order valence-electron chi connectivity index (χ1n) is 7.09. The number of morpholine rings is 1. The second kappa shape index (κ2) is 7.75. The van der Waals surface area contributed by atoms with Gasteiger partial charge < -0.3 is 15.2 Å². The first kappa shape index (κ1) is 16.2. The summed E-state index contributed by atoms with van der Waals surface area (Å²) >= 11 is 5.87. The molecule has 1 heterocycles. The lowest BCUT2D eigenvalue weighted by Gasteiger charge is -2.28. The molecule has 1 aliphatic rings. The third-order valence-electron chi connectivity index (χ3n) is 3.50. The SMILES string of the molecule is Cc1cc(Cl)ccc1C(=O)NCC(O)CN1CCOCC1. The van der Waals surface area contributed by atoms with Crippen LogP contribution in [-0.4, -0.2) is 61.4 Å². The predicted octanol–water partition coefficient (Wildman–Crippen LogP) is 1.07. The molecule has 1 aliphatic heterocycles. The molecule has 21 heavy (non-hydrogen) atoms. The number of hydrogen-bond acceptors (Lipinski definition) is 4. The highest BCUT2D eigenvalue weighted by Gasteiger charge is 2.16. The van der Waals surface area contributed by atoms with E-state index in [1.165, 1.54) is 0 Å². The van der Waals surface area contributed by atoms with Crippen LogP contribution in [0.4, 0.5) is 0 Å². The number of nitrogens with zero attached hydrogens (tertiary/aromatic N) is 1. The average molecular weight is 313 g/mol. The van der Waals surface area contributed by atoms with Crippen LogP contribution >= 0.6 is 11.6 Å². The van der Waals surface area contributed by atoms with Gasteiger partial charge in [-0.1, -0.05) is 11.6 Å². The van der Waals surface area contributed by atoms with E-state index in [4.69, 9.17) is 16.3 Å². The molecule has 1 saturated heterocycles. The zero-order chi connectivity index (χ0) is 15.2. The van der Waals surface area contributed by atoms with Crippen LogP contribution in [0.5, 0.6) is 0 Å². The maximum atomic E-state index is 12.1. The quantitative estimate of drug-likeness (QED) is 0.854. The molecule has 116 valence electrons. The normalized spacial score (nSPS) is 17.5. The topological polar surface area (TPSA) is 61.8 Å². The molecule has 0 saturated carbocycles. The molecule has 0 spiro atoms. The number of amides is 1. The first-order valence-corrected chi connectivity index (χ1v) is 7.46. The van der Waals surface area contributed by atoms with E-state index in [0.717, 1.165) is 18.7 Å². The monoisotopic (exact) mass is 312 g/mol. The summed E-state index contributed by atoms with van der Waals surface area (Å²) in [7, 11) is 0. The molecule has 1 amide bonds. The van der Waals surface area contributed by atoms with Crippen LogP contribution < -0.4 is 5.32 Å². The number of carbonyl (C=O) groups is 1. The van der Waals surface area contributed by atoms with Crippen molar-refractivity contribution in [2.24, 2.45) is 0 Å². The standard InChI is InChI=1S/C15H21ClN2O3/c1-11-8-12(16)2-3-14(11)15(20)17-9-13(19)10-18-4-6-21-7-5-18/h2-3,8,13,19H,4-7,9-10H2,1H3,(H,17,20). The van der Waals surface area contributed by atoms with Crippen molar-refractivity contribution in [1.29, 1.82) is 0 Å². The smallest absolute Gasteiger partial charge is 0.251 e. The Morgan fingerprint density at radius 2 is 2.19 bits per heavy atom. The minimum Gasteiger partial charge on any atom is -0.390 e. The van der Waals surface area contributed by atoms with Gasteiger partial charge in [0, 0.05) is 36.8 Å². The van der Waals surface area contributed by atoms with Gasteiger partial charge in [-0.25, -0.2) is 0 Å². The highest BCUT2D eigenvalue weighted by atomic mass is 35.5. The van der Waals surface area contributed by atoms with Gasteiger partial charge in [0.05, 0.1) is 19.3 Å². The Balaban J connectivity index is 1.80. The number of aryl methyl sites for hydroxylation is 1. The maximum absolute atomic E-state index is 12.1. The summed E-state index contributed by atoms with van der Waals surface area (Å²) < 4.78 is 5.26. The predicted molar refractivity (Wildman–Crippen MR) is 81.8 cm³/mol. The number of ether oxygens (including phenoxy) is 1. The molecular weight excluding hydrogens is 292 g/mol. The van der Waals surface area contributed by atoms with E-state index in [1.807, 2.05) is 6.92 Å². The number of aliphatic hydroxyl groups is 1. The van der Waals surface area contributed by atoms with Crippen LogP contribution in [-0.2, 0) is 4.74 Å². The number of nitrogens with one attached hydrogen (secondary N) is 1. The lowest BCUT2D eigenvalue weighted by atomic mass is 10.1. The van der Waals surface area contributed by atoms with E-state index in [1.54, 1.807) is 18.2 Å². The van der Waals surface area contributed by atoms with E-state index in [9.17, 15) is 9.90 Å². The largest absolute Gasteiger partial charge is 0.390 e. The van der Waals surface area contributed by atoms with Crippen LogP contribution in [0.15, 0.2) is 18.2 Å². The number of β-amino-alcohol motifs (C(OH)–C–C–N with tert-alkyl or cyclic N) is 1. The van der Waals surface area contributed by atoms with Crippen molar-refractivity contribution in [2.75, 3.05) is 39.4 Å². The lowest BCUT2D eigenvalue weighted by Crippen LogP contribution is -2.44. The molecule has 0 bridgehead atoms. The Bertz CT molecular complexity index is 490. The van der Waals surface area contributed by atoms with Gasteiger partial charge >= 0.3 is 0 Å². The van der Waals surface area contributed by atoms with Crippen molar-refractivity contribution in [3.8, 4) is 0 Å². The second-order valence-corrected chi connectivity index (χ2v) is 5.67. The van der Waals surface area contributed by atoms with Gasteiger partial charge in [0.15, 0.2) is 0 Å². The summed E-state index contributed by atoms with van der Waals surface area (Å²) in [6.07, 6.45) is -0.584. The first-order chi connectivity index (χ1) is 10.1. The maximum Gasteiger partial charge on any atom is 0.251 e. The fourth-order valence-corrected chi connectivity index (χ4v) is 2.56. The number of benzene rings is 1. The van der Waals surface area contributed by atoms with Crippen LogP contribution in [0.3, 0.4) is 0 Å². The molecule has 1 aromatic carbocycles. The van der Waals surface area contributed by atoms with E-state index in [-0.39, 0.29) is 12.5 Å². The zero-order valence-corrected chi connectivity index (χ0v) is 12.9. The minimum atomic E-state index is -0.584. The van der Waals surface area contributed by atoms with Gasteiger partial charge in [-0.3, -0.25) is 9.69 Å². The molecule has 2 N–H and O–H groups in total. The van der Waals surface area contributed by atoms with Gasteiger partial charge in [-0.2, -0.15) is 0 Å². The molecule has 0 aliphatic carbocycles. The molecule has 1 atom stereocenters. The van der Waals surface area contributed by atoms with Crippen molar-refractivity contribution in [1.82, 2.24) is 10.2 Å². The molecule has 1 aromatic rings. The summed E-state index contributed by atoms with van der Waals surface area (Å²) in [5, 5.41) is 13.4. The average Bonchev–Trinajstić information content (AvgIpc) is 2.46. The molecular formula is C15H21ClN2O3. The number of hydrogen-bond donors (Lipinski definition) is 2. The van der Waals surface area contributed by atoms with Gasteiger partial charge in [0.1, 0.15) is 0 Å². The van der Waals surface area contributed by atoms with Crippen molar-refractivity contribution in [3.63, 3.8) is 0 Å². The van der Waals surface area contributed by atoms with Crippen molar-refractivity contribution in [3.05, 3.63) is 34.3 Å². The Hall–Kier alpha value is -1.14. The van der Waals surface area contributed by atoms with E-state index in [0.29, 0.717) is 30.3 Å². The van der Waals surface area contributed by atoms with Crippen LogP contribution in [0, 0.1) is 6.92 Å². The zero-order valence-electron chi connectivity index (χ0n) is 12.1. The summed E-state index contributed by atoms with van der Waals surface area (Å²) in [6, 6.07) is 5.13. The van der Waals surface area contributed by atoms with Crippen LogP contribution in [0.2, 0.25) is 5.02 Å². The Morgan fingerprint density at radius 3 is 2.86 bits per heavy atom. The fraction of sp³-hybridized carbons (Fsp3) is 0.533. The molecule has 5 nitrogen and oxygen atoms in total. The van der Waals surface area contributed by atoms with Gasteiger partial charge in [-0.15, -0.1) is 0 Å². The second-order valence-electron chi connectivity index (χ2n) is 5.24. The minimum absolute atomic E-state index is 0.190. The Labute approximate surface area is 129 Å². The summed E-state index contributed by atoms with van der Waals surface area (Å²) in [4.78, 5) is 14.2. The Morgan fingerprint density at radius 1 is 1.48 bits per heavy atom. The molecule has 0 aromatic heterocycles. The number of halogens is 1. The fourth-order valence-electron chi connectivity index (χ4n) is 2.33. The highest BCUT2D eigenvalue weighted by molar-refractivity contribution is 6.30. The van der Waals surface area contributed by atoms with Crippen molar-refractivity contribution < 1.29 is 14.6 Å². The molecule has 6 heteroatoms. The molecule has 0 radical (unpaired) electrons. The number of rotatable bonds is 5. The number of carbonyl (C=O) groups excluding carboxylic acids is 1. The third kappa shape index (κ3) is 4.97. The van der Waals surface area contributed by atoms with Crippen LogP contribution in [0.1, 0.15) is 15.9 Å². The lowest BCUT2D eigenvalue weighted by molar-refractivity contribution is 0.0149. The molecule has 1 unspecified atom stereocenters. The number of aliphatic hydroxyl groups excluding tert-OH is 1. The van der Waals surface area contributed by atoms with Gasteiger partial charge in [-0.05, 0) is 30.7 Å². The summed E-state index contributed by atoms with van der Waals surface area (Å²) in [6.45, 7) is 5.65. The third-order valence-corrected chi connectivity index (χ3v) is 3.74. The summed E-state index contributed by atoms with van der Waals surface area (Å²) in [5.74, 6) is -0.190. The summed E-state index contributed by atoms with van der Waals surface area (Å²) in [5.41, 5.74) is 1.40. The van der Waals surface area contributed by atoms with Crippen molar-refractivity contribution >= 4 is 17.5 Å². The highest BCUT2D eigenvalue weighted by Crippen LogP contribution is 2.15. The van der Waals surface area contributed by atoms with E-state index >= 15 is 0 Å². The van der Waals surface area contributed by atoms with Gasteiger partial charge in [0.25, 0.3) is 5.91 Å². The van der Waals surface area contributed by atoms with E-state index in [2.05, 4.69) is 10.2 Å². The van der Waals surface area contributed by atoms with E-state index < -0.39 is 6.10 Å². The molecule has 2 rings (SSSR count). The van der Waals surface area contributed by atoms with Crippen LogP contribution in [0.25, 0.3) is 0 Å². The van der Waals surface area contributed by atoms with Crippen molar-refractivity contribution in [2.45, 2.75) is 13.0 Å². The Kier molecular flexibility index (Phi) is 5.99. The molecule has 1 fully saturated rings.